The fourth-order valence-corrected chi connectivity index (χ4v) is 4.12. The third-order valence-electron chi connectivity index (χ3n) is 2.61. The smallest absolute Gasteiger partial charge is 0.0632 e. The lowest BCUT2D eigenvalue weighted by atomic mass is 10.1. The van der Waals surface area contributed by atoms with Crippen molar-refractivity contribution in [1.82, 2.24) is 4.98 Å². The first-order valence-corrected chi connectivity index (χ1v) is 7.73. The van der Waals surface area contributed by atoms with Crippen LogP contribution in [-0.4, -0.2) is 4.98 Å². The molecule has 0 fully saturated rings. The number of nitrogens with zero attached hydrogens (tertiary/aromatic N) is 1. The van der Waals surface area contributed by atoms with Gasteiger partial charge in [0.05, 0.1) is 5.69 Å². The van der Waals surface area contributed by atoms with Crippen molar-refractivity contribution in [3.8, 4) is 0 Å². The summed E-state index contributed by atoms with van der Waals surface area (Å²) in [6.07, 6.45) is 3.70. The summed E-state index contributed by atoms with van der Waals surface area (Å²) in [7, 11) is 0. The fourth-order valence-electron chi connectivity index (χ4n) is 1.58. The van der Waals surface area contributed by atoms with Crippen molar-refractivity contribution in [2.75, 3.05) is 5.32 Å². The molecule has 0 unspecified atom stereocenters. The third kappa shape index (κ3) is 3.33. The van der Waals surface area contributed by atoms with Crippen molar-refractivity contribution in [3.63, 3.8) is 0 Å². The molecule has 0 atom stereocenters. The molecule has 1 heterocycles. The van der Waals surface area contributed by atoms with E-state index in [1.54, 1.807) is 0 Å². The normalized spacial score (nSPS) is 10.4. The molecule has 18 heavy (non-hydrogen) atoms. The molecule has 0 spiro atoms. The molecule has 5 heteroatoms. The van der Waals surface area contributed by atoms with Crippen molar-refractivity contribution in [1.29, 1.82) is 0 Å². The Balaban J connectivity index is 2.19. The lowest BCUT2D eigenvalue weighted by Gasteiger charge is -2.12. The molecule has 0 amide bonds. The van der Waals surface area contributed by atoms with E-state index in [2.05, 4.69) is 65.0 Å². The molecule has 0 saturated carbocycles. The predicted molar refractivity (Wildman–Crippen MR) is 85.8 cm³/mol. The number of aryl methyl sites for hydroxylation is 1. The van der Waals surface area contributed by atoms with E-state index < -0.39 is 0 Å². The van der Waals surface area contributed by atoms with Gasteiger partial charge in [0.1, 0.15) is 0 Å². The first kappa shape index (κ1) is 14.0. The zero-order valence-electron chi connectivity index (χ0n) is 9.67. The van der Waals surface area contributed by atoms with Crippen molar-refractivity contribution in [2.45, 2.75) is 13.5 Å². The second kappa shape index (κ2) is 6.17. The first-order chi connectivity index (χ1) is 8.58. The summed E-state index contributed by atoms with van der Waals surface area (Å²) in [6, 6.07) is 6.05. The summed E-state index contributed by atoms with van der Waals surface area (Å²) in [5.41, 5.74) is 3.47. The number of aromatic nitrogens is 1. The van der Waals surface area contributed by atoms with E-state index in [1.165, 1.54) is 11.1 Å². The molecular weight excluding hydrogens is 424 g/mol. The van der Waals surface area contributed by atoms with Crippen LogP contribution in [-0.2, 0) is 6.54 Å². The number of rotatable bonds is 3. The van der Waals surface area contributed by atoms with E-state index in [9.17, 15) is 0 Å². The van der Waals surface area contributed by atoms with Crippen molar-refractivity contribution < 1.29 is 0 Å². The van der Waals surface area contributed by atoms with Gasteiger partial charge < -0.3 is 5.32 Å². The fraction of sp³-hybridized carbons (Fsp3) is 0.154. The Morgan fingerprint density at radius 1 is 1.17 bits per heavy atom. The van der Waals surface area contributed by atoms with Crippen LogP contribution in [0.1, 0.15) is 11.1 Å². The number of hydrogen-bond donors (Lipinski definition) is 1. The Kier molecular flexibility index (Phi) is 4.81. The average molecular weight is 435 g/mol. The van der Waals surface area contributed by atoms with Gasteiger partial charge >= 0.3 is 0 Å². The highest BCUT2D eigenvalue weighted by Gasteiger charge is 2.07. The average Bonchev–Trinajstić information content (AvgIpc) is 2.30. The summed E-state index contributed by atoms with van der Waals surface area (Å²) in [4.78, 5) is 4.15. The maximum Gasteiger partial charge on any atom is 0.0632 e. The molecule has 0 aliphatic heterocycles. The quantitative estimate of drug-likeness (QED) is 0.710. The van der Waals surface area contributed by atoms with Gasteiger partial charge in [-0.25, -0.2) is 0 Å². The lowest BCUT2D eigenvalue weighted by molar-refractivity contribution is 1.08. The Labute approximate surface area is 132 Å². The zero-order valence-corrected chi connectivity index (χ0v) is 14.4. The largest absolute Gasteiger partial charge is 0.379 e. The van der Waals surface area contributed by atoms with Crippen molar-refractivity contribution >= 4 is 53.5 Å². The van der Waals surface area contributed by atoms with Crippen LogP contribution < -0.4 is 5.32 Å². The van der Waals surface area contributed by atoms with Crippen LogP contribution in [0, 0.1) is 6.92 Å². The van der Waals surface area contributed by atoms with Gasteiger partial charge in [0, 0.05) is 32.4 Å². The van der Waals surface area contributed by atoms with Crippen LogP contribution >= 0.6 is 47.8 Å². The highest BCUT2D eigenvalue weighted by atomic mass is 79.9. The second-order valence-corrected chi connectivity index (χ2v) is 6.52. The van der Waals surface area contributed by atoms with E-state index in [4.69, 9.17) is 0 Å². The molecule has 0 bridgehead atoms. The van der Waals surface area contributed by atoms with Crippen LogP contribution in [0.2, 0.25) is 0 Å². The SMILES string of the molecule is Cc1ccncc1CNc1c(Br)cc(Br)cc1Br. The molecule has 94 valence electrons. The molecule has 0 aliphatic rings. The highest BCUT2D eigenvalue weighted by molar-refractivity contribution is 9.11. The molecule has 2 aromatic rings. The van der Waals surface area contributed by atoms with Gasteiger partial charge in [-0.05, 0) is 68.1 Å². The molecule has 0 aliphatic carbocycles. The van der Waals surface area contributed by atoms with Crippen LogP contribution in [0.4, 0.5) is 5.69 Å². The van der Waals surface area contributed by atoms with Gasteiger partial charge in [0.2, 0.25) is 0 Å². The lowest BCUT2D eigenvalue weighted by Crippen LogP contribution is -2.03. The topological polar surface area (TPSA) is 24.9 Å². The Hall–Kier alpha value is -0.390. The predicted octanol–water partition coefficient (Wildman–Crippen LogP) is 5.29. The van der Waals surface area contributed by atoms with E-state index in [1.807, 2.05) is 30.6 Å². The Bertz CT molecular complexity index is 547. The molecule has 2 rings (SSSR count). The minimum absolute atomic E-state index is 0.749. The van der Waals surface area contributed by atoms with E-state index in [0.717, 1.165) is 25.7 Å². The van der Waals surface area contributed by atoms with E-state index in [0.29, 0.717) is 0 Å². The van der Waals surface area contributed by atoms with Crippen LogP contribution in [0.3, 0.4) is 0 Å². The standard InChI is InChI=1S/C13H11Br3N2/c1-8-2-3-17-6-9(8)7-18-13-11(15)4-10(14)5-12(13)16/h2-6,18H,7H2,1H3. The monoisotopic (exact) mass is 432 g/mol. The minimum atomic E-state index is 0.749. The first-order valence-electron chi connectivity index (χ1n) is 5.36. The number of halogens is 3. The number of hydrogen-bond acceptors (Lipinski definition) is 2. The zero-order chi connectivity index (χ0) is 13.1. The number of nitrogens with one attached hydrogen (secondary N) is 1. The number of pyridine rings is 1. The van der Waals surface area contributed by atoms with Crippen molar-refractivity contribution in [2.24, 2.45) is 0 Å². The maximum absolute atomic E-state index is 4.15. The molecule has 1 aromatic heterocycles. The van der Waals surface area contributed by atoms with E-state index >= 15 is 0 Å². The second-order valence-electron chi connectivity index (χ2n) is 3.90. The van der Waals surface area contributed by atoms with Gasteiger partial charge in [0.15, 0.2) is 0 Å². The molecule has 1 aromatic carbocycles. The summed E-state index contributed by atoms with van der Waals surface area (Å²) in [5, 5.41) is 3.41. The Morgan fingerprint density at radius 3 is 2.44 bits per heavy atom. The summed E-state index contributed by atoms with van der Waals surface area (Å²) >= 11 is 10.6. The molecule has 2 nitrogen and oxygen atoms in total. The minimum Gasteiger partial charge on any atom is -0.379 e. The third-order valence-corrected chi connectivity index (χ3v) is 4.32. The highest BCUT2D eigenvalue weighted by Crippen LogP contribution is 2.34. The molecule has 1 N–H and O–H groups in total. The van der Waals surface area contributed by atoms with Crippen LogP contribution in [0.15, 0.2) is 44.0 Å². The Morgan fingerprint density at radius 2 is 1.83 bits per heavy atom. The van der Waals surface area contributed by atoms with Crippen LogP contribution in [0.25, 0.3) is 0 Å². The summed E-state index contributed by atoms with van der Waals surface area (Å²) in [6.45, 7) is 2.84. The molecule has 0 radical (unpaired) electrons. The molecular formula is C13H11Br3N2. The summed E-state index contributed by atoms with van der Waals surface area (Å²) in [5.74, 6) is 0. The number of anilines is 1. The van der Waals surface area contributed by atoms with Crippen molar-refractivity contribution in [3.05, 3.63) is 55.1 Å². The number of benzene rings is 1. The maximum atomic E-state index is 4.15. The van der Waals surface area contributed by atoms with Gasteiger partial charge in [-0.1, -0.05) is 15.9 Å². The van der Waals surface area contributed by atoms with Gasteiger partial charge in [-0.3, -0.25) is 4.98 Å². The van der Waals surface area contributed by atoms with Crippen LogP contribution in [0.5, 0.6) is 0 Å². The van der Waals surface area contributed by atoms with Gasteiger partial charge in [-0.2, -0.15) is 0 Å². The summed E-state index contributed by atoms with van der Waals surface area (Å²) < 4.78 is 3.07. The van der Waals surface area contributed by atoms with Gasteiger partial charge in [-0.15, -0.1) is 0 Å². The van der Waals surface area contributed by atoms with Gasteiger partial charge in [0.25, 0.3) is 0 Å². The molecule has 0 saturated heterocycles. The van der Waals surface area contributed by atoms with E-state index in [-0.39, 0.29) is 0 Å².